The molecule has 4 heteroatoms. The van der Waals surface area contributed by atoms with Crippen molar-refractivity contribution in [2.75, 3.05) is 19.8 Å². The Morgan fingerprint density at radius 3 is 2.12 bits per heavy atom. The van der Waals surface area contributed by atoms with Crippen LogP contribution in [-0.2, 0) is 9.57 Å². The van der Waals surface area contributed by atoms with Crippen LogP contribution in [0.25, 0.3) is 0 Å². The van der Waals surface area contributed by atoms with Crippen molar-refractivity contribution < 1.29 is 14.7 Å². The topological polar surface area (TPSA) is 41.9 Å². The third-order valence-corrected chi connectivity index (χ3v) is 3.26. The van der Waals surface area contributed by atoms with Gasteiger partial charge in [0.15, 0.2) is 0 Å². The second kappa shape index (κ2) is 5.65. The lowest BCUT2D eigenvalue weighted by molar-refractivity contribution is -0.292. The fraction of sp³-hybridized carbons (Fsp3) is 1.00. The molecule has 0 aliphatic carbocycles. The summed E-state index contributed by atoms with van der Waals surface area (Å²) in [5.41, 5.74) is -0.0875. The van der Waals surface area contributed by atoms with Gasteiger partial charge < -0.3 is 9.84 Å². The molecule has 1 heterocycles. The minimum atomic E-state index is -0.0438. The lowest BCUT2D eigenvalue weighted by atomic mass is 9.80. The second-order valence-corrected chi connectivity index (χ2v) is 5.96. The summed E-state index contributed by atoms with van der Waals surface area (Å²) < 4.78 is 5.70. The van der Waals surface area contributed by atoms with Crippen LogP contribution in [0, 0.1) is 0 Å². The number of hydroxylamine groups is 2. The van der Waals surface area contributed by atoms with Crippen LogP contribution in [0.5, 0.6) is 0 Å². The van der Waals surface area contributed by atoms with Gasteiger partial charge in [-0.2, -0.15) is 5.06 Å². The van der Waals surface area contributed by atoms with E-state index in [0.29, 0.717) is 13.2 Å². The van der Waals surface area contributed by atoms with Crippen molar-refractivity contribution >= 4 is 0 Å². The molecule has 0 spiro atoms. The van der Waals surface area contributed by atoms with Gasteiger partial charge >= 0.3 is 0 Å². The van der Waals surface area contributed by atoms with Gasteiger partial charge in [0.25, 0.3) is 0 Å². The maximum atomic E-state index is 8.83. The zero-order valence-corrected chi connectivity index (χ0v) is 11.8. The van der Waals surface area contributed by atoms with E-state index in [1.165, 1.54) is 0 Å². The van der Waals surface area contributed by atoms with Gasteiger partial charge in [0.2, 0.25) is 0 Å². The first-order chi connectivity index (χ1) is 7.83. The summed E-state index contributed by atoms with van der Waals surface area (Å²) in [6, 6.07) is 0. The van der Waals surface area contributed by atoms with Gasteiger partial charge in [-0.25, -0.2) is 0 Å². The Kier molecular flexibility index (Phi) is 4.95. The van der Waals surface area contributed by atoms with Crippen LogP contribution < -0.4 is 0 Å². The third-order valence-electron chi connectivity index (χ3n) is 3.26. The van der Waals surface area contributed by atoms with Crippen LogP contribution >= 0.6 is 0 Å². The van der Waals surface area contributed by atoms with Gasteiger partial charge in [0.05, 0.1) is 25.9 Å². The molecule has 1 saturated heterocycles. The molecule has 1 fully saturated rings. The van der Waals surface area contributed by atoms with E-state index in [2.05, 4.69) is 32.8 Å². The Labute approximate surface area is 105 Å². The predicted octanol–water partition coefficient (Wildman–Crippen LogP) is 1.97. The molecule has 1 N–H and O–H groups in total. The molecule has 0 bridgehead atoms. The van der Waals surface area contributed by atoms with Crippen molar-refractivity contribution in [2.24, 2.45) is 0 Å². The highest BCUT2D eigenvalue weighted by molar-refractivity contribution is 4.97. The Hall–Kier alpha value is -0.160. The number of aliphatic hydroxyl groups is 1. The zero-order valence-electron chi connectivity index (χ0n) is 11.8. The molecule has 0 aromatic carbocycles. The molecule has 102 valence electrons. The van der Waals surface area contributed by atoms with Crippen LogP contribution in [0.2, 0.25) is 0 Å². The van der Waals surface area contributed by atoms with Crippen LogP contribution in [0.15, 0.2) is 0 Å². The summed E-state index contributed by atoms with van der Waals surface area (Å²) in [7, 11) is 0. The third kappa shape index (κ3) is 3.65. The molecule has 0 amide bonds. The van der Waals surface area contributed by atoms with Gasteiger partial charge in [-0.05, 0) is 47.5 Å². The zero-order chi connectivity index (χ0) is 13.1. The predicted molar refractivity (Wildman–Crippen MR) is 67.7 cm³/mol. The minimum Gasteiger partial charge on any atom is -0.394 e. The van der Waals surface area contributed by atoms with Gasteiger partial charge in [0.1, 0.15) is 0 Å². The van der Waals surface area contributed by atoms with Crippen LogP contribution in [0.1, 0.15) is 47.5 Å². The summed E-state index contributed by atoms with van der Waals surface area (Å²) in [4.78, 5) is 5.79. The molecule has 0 aromatic rings. The van der Waals surface area contributed by atoms with E-state index in [9.17, 15) is 0 Å². The average molecular weight is 245 g/mol. The van der Waals surface area contributed by atoms with Crippen molar-refractivity contribution in [1.82, 2.24) is 5.06 Å². The van der Waals surface area contributed by atoms with E-state index in [1.54, 1.807) is 0 Å². The highest BCUT2D eigenvalue weighted by Crippen LogP contribution is 2.39. The van der Waals surface area contributed by atoms with Crippen LogP contribution in [0.4, 0.5) is 0 Å². The number of ether oxygens (including phenoxy) is 1. The smallest absolute Gasteiger partial charge is 0.0701 e. The molecule has 1 aliphatic rings. The number of hydrogen-bond donors (Lipinski definition) is 1. The molecule has 1 aliphatic heterocycles. The summed E-state index contributed by atoms with van der Waals surface area (Å²) in [5.74, 6) is 0. The Morgan fingerprint density at radius 1 is 1.18 bits per heavy atom. The first kappa shape index (κ1) is 14.9. The summed E-state index contributed by atoms with van der Waals surface area (Å²) in [6.45, 7) is 11.9. The van der Waals surface area contributed by atoms with E-state index in [4.69, 9.17) is 14.7 Å². The standard InChI is InChI=1S/C13H27NO3/c1-6-17-14-12(2,3)9-11(16-8-7-15)10-13(14,4)5/h11,15H,6-10H2,1-5H3. The molecule has 0 saturated carbocycles. The van der Waals surface area contributed by atoms with Crippen LogP contribution in [0.3, 0.4) is 0 Å². The maximum Gasteiger partial charge on any atom is 0.0701 e. The van der Waals surface area contributed by atoms with Gasteiger partial charge in [-0.15, -0.1) is 0 Å². The van der Waals surface area contributed by atoms with Gasteiger partial charge in [-0.1, -0.05) is 0 Å². The fourth-order valence-electron chi connectivity index (χ4n) is 2.99. The first-order valence-electron chi connectivity index (χ1n) is 6.49. The molecular weight excluding hydrogens is 218 g/mol. The average Bonchev–Trinajstić information content (AvgIpc) is 2.19. The number of nitrogens with zero attached hydrogens (tertiary/aromatic N) is 1. The maximum absolute atomic E-state index is 8.83. The number of aliphatic hydroxyl groups excluding tert-OH is 1. The van der Waals surface area contributed by atoms with Crippen molar-refractivity contribution in [1.29, 1.82) is 0 Å². The summed E-state index contributed by atoms with van der Waals surface area (Å²) >= 11 is 0. The highest BCUT2D eigenvalue weighted by Gasteiger charge is 2.46. The molecule has 1 rings (SSSR count). The van der Waals surface area contributed by atoms with Crippen molar-refractivity contribution in [3.63, 3.8) is 0 Å². The summed E-state index contributed by atoms with van der Waals surface area (Å²) in [6.07, 6.45) is 2.05. The van der Waals surface area contributed by atoms with E-state index < -0.39 is 0 Å². The fourth-order valence-corrected chi connectivity index (χ4v) is 2.99. The molecule has 4 nitrogen and oxygen atoms in total. The Bertz CT molecular complexity index is 223. The Morgan fingerprint density at radius 2 is 1.71 bits per heavy atom. The SMILES string of the molecule is CCON1C(C)(C)CC(OCCO)CC1(C)C. The number of rotatable bonds is 5. The van der Waals surface area contributed by atoms with Gasteiger partial charge in [0, 0.05) is 11.1 Å². The highest BCUT2D eigenvalue weighted by atomic mass is 16.7. The van der Waals surface area contributed by atoms with Crippen molar-refractivity contribution in [3.8, 4) is 0 Å². The van der Waals surface area contributed by atoms with Crippen LogP contribution in [-0.4, -0.2) is 47.2 Å². The van der Waals surface area contributed by atoms with Gasteiger partial charge in [-0.3, -0.25) is 4.84 Å². The molecule has 17 heavy (non-hydrogen) atoms. The molecule has 0 unspecified atom stereocenters. The lowest BCUT2D eigenvalue weighted by Crippen LogP contribution is -2.61. The molecular formula is C13H27NO3. The summed E-state index contributed by atoms with van der Waals surface area (Å²) in [5, 5.41) is 10.9. The first-order valence-corrected chi connectivity index (χ1v) is 6.49. The number of hydrogen-bond acceptors (Lipinski definition) is 4. The number of piperidine rings is 1. The lowest BCUT2D eigenvalue weighted by Gasteiger charge is -2.53. The van der Waals surface area contributed by atoms with Crippen molar-refractivity contribution in [3.05, 3.63) is 0 Å². The Balaban J connectivity index is 2.73. The molecule has 0 radical (unpaired) electrons. The largest absolute Gasteiger partial charge is 0.394 e. The van der Waals surface area contributed by atoms with E-state index >= 15 is 0 Å². The van der Waals surface area contributed by atoms with E-state index in [-0.39, 0.29) is 23.8 Å². The second-order valence-electron chi connectivity index (χ2n) is 5.96. The molecule has 0 aromatic heterocycles. The van der Waals surface area contributed by atoms with Crippen molar-refractivity contribution in [2.45, 2.75) is 64.6 Å². The van der Waals surface area contributed by atoms with E-state index in [1.807, 2.05) is 6.92 Å². The normalized spacial score (nSPS) is 25.1. The molecule has 0 atom stereocenters. The van der Waals surface area contributed by atoms with E-state index in [0.717, 1.165) is 12.8 Å². The quantitative estimate of drug-likeness (QED) is 0.804. The monoisotopic (exact) mass is 245 g/mol. The minimum absolute atomic E-state index is 0.0438.